The van der Waals surface area contributed by atoms with E-state index < -0.39 is 17.4 Å². The van der Waals surface area contributed by atoms with Crippen molar-refractivity contribution in [2.45, 2.75) is 38.3 Å². The fourth-order valence-electron chi connectivity index (χ4n) is 2.86. The maximum absolute atomic E-state index is 13.1. The molecule has 2 nitrogen and oxygen atoms in total. The average Bonchev–Trinajstić information content (AvgIpc) is 2.88. The predicted molar refractivity (Wildman–Crippen MR) is 52.9 cm³/mol. The Morgan fingerprint density at radius 2 is 1.88 bits per heavy atom. The normalized spacial score (nSPS) is 32.2. The summed E-state index contributed by atoms with van der Waals surface area (Å²) in [6.45, 7) is 0.0593. The van der Waals surface area contributed by atoms with E-state index in [2.05, 4.69) is 5.32 Å². The lowest BCUT2D eigenvalue weighted by Gasteiger charge is -2.31. The van der Waals surface area contributed by atoms with Gasteiger partial charge in [-0.1, -0.05) is 12.8 Å². The highest BCUT2D eigenvalue weighted by Gasteiger charge is 2.62. The van der Waals surface area contributed by atoms with Crippen molar-refractivity contribution in [1.29, 1.82) is 0 Å². The first-order valence-electron chi connectivity index (χ1n) is 5.79. The second kappa shape index (κ2) is 4.02. The van der Waals surface area contributed by atoms with E-state index in [1.807, 2.05) is 0 Å². The van der Waals surface area contributed by atoms with Crippen molar-refractivity contribution in [1.82, 2.24) is 5.32 Å². The number of hydrogen-bond donors (Lipinski definition) is 1. The van der Waals surface area contributed by atoms with Gasteiger partial charge in [-0.3, -0.25) is 4.79 Å². The van der Waals surface area contributed by atoms with Crippen LogP contribution in [0, 0.1) is 11.3 Å². The van der Waals surface area contributed by atoms with Gasteiger partial charge in [0.2, 0.25) is 0 Å². The van der Waals surface area contributed by atoms with E-state index in [1.54, 1.807) is 0 Å². The number of halogens is 3. The highest BCUT2D eigenvalue weighted by Crippen LogP contribution is 2.47. The maximum Gasteiger partial charge on any atom is 0.402 e. The smallest absolute Gasteiger partial charge is 0.315 e. The highest BCUT2D eigenvalue weighted by molar-refractivity contribution is 5.88. The molecule has 0 aromatic heterocycles. The van der Waals surface area contributed by atoms with E-state index >= 15 is 0 Å². The van der Waals surface area contributed by atoms with E-state index in [9.17, 15) is 18.0 Å². The number of Topliss-reactive ketones (excluding diaryl/α,β-unsaturated/α-hetero) is 1. The molecule has 1 heterocycles. The monoisotopic (exact) mass is 235 g/mol. The summed E-state index contributed by atoms with van der Waals surface area (Å²) < 4.78 is 39.2. The minimum Gasteiger partial charge on any atom is -0.315 e. The summed E-state index contributed by atoms with van der Waals surface area (Å²) in [6.07, 6.45) is -1.45. The Hall–Kier alpha value is -0.580. The van der Waals surface area contributed by atoms with Gasteiger partial charge in [-0.2, -0.15) is 13.2 Å². The molecule has 1 saturated carbocycles. The van der Waals surface area contributed by atoms with E-state index in [0.29, 0.717) is 12.8 Å². The van der Waals surface area contributed by atoms with Crippen LogP contribution in [-0.4, -0.2) is 25.0 Å². The standard InChI is InChI=1S/C11H16F3NO/c12-11(13,14)10(5-6-15-7-10)9(16)8-3-1-2-4-8/h8,15H,1-7H2. The van der Waals surface area contributed by atoms with Gasteiger partial charge in [-0.05, 0) is 25.8 Å². The molecule has 2 rings (SSSR count). The molecule has 1 unspecified atom stereocenters. The summed E-state index contributed by atoms with van der Waals surface area (Å²) in [6, 6.07) is 0. The van der Waals surface area contributed by atoms with Crippen LogP contribution in [-0.2, 0) is 4.79 Å². The molecular weight excluding hydrogens is 219 g/mol. The minimum absolute atomic E-state index is 0.0914. The van der Waals surface area contributed by atoms with E-state index in [0.717, 1.165) is 12.8 Å². The second-order valence-corrected chi connectivity index (χ2v) is 4.85. The van der Waals surface area contributed by atoms with Crippen LogP contribution < -0.4 is 5.32 Å². The van der Waals surface area contributed by atoms with Crippen molar-refractivity contribution in [3.8, 4) is 0 Å². The first-order valence-corrected chi connectivity index (χ1v) is 5.79. The third-order valence-electron chi connectivity index (χ3n) is 3.90. The number of ketones is 1. The predicted octanol–water partition coefficient (Wildman–Crippen LogP) is 2.29. The number of alkyl halides is 3. The van der Waals surface area contributed by atoms with Gasteiger partial charge < -0.3 is 5.32 Å². The molecule has 0 aromatic rings. The third kappa shape index (κ3) is 1.75. The molecule has 1 saturated heterocycles. The van der Waals surface area contributed by atoms with Crippen molar-refractivity contribution in [2.24, 2.45) is 11.3 Å². The number of rotatable bonds is 2. The Bertz CT molecular complexity index is 275. The van der Waals surface area contributed by atoms with Gasteiger partial charge >= 0.3 is 6.18 Å². The molecule has 0 aromatic carbocycles. The molecule has 1 atom stereocenters. The Balaban J connectivity index is 2.22. The van der Waals surface area contributed by atoms with Gasteiger partial charge in [-0.25, -0.2) is 0 Å². The molecule has 0 spiro atoms. The number of carbonyl (C=O) groups excluding carboxylic acids is 1. The van der Waals surface area contributed by atoms with Gasteiger partial charge in [0.05, 0.1) is 0 Å². The van der Waals surface area contributed by atoms with E-state index in [-0.39, 0.29) is 25.4 Å². The van der Waals surface area contributed by atoms with E-state index in [1.165, 1.54) is 0 Å². The average molecular weight is 235 g/mol. The summed E-state index contributed by atoms with van der Waals surface area (Å²) in [5.41, 5.74) is -2.10. The molecule has 0 amide bonds. The lowest BCUT2D eigenvalue weighted by Crippen LogP contribution is -2.49. The zero-order valence-corrected chi connectivity index (χ0v) is 9.07. The molecule has 1 aliphatic heterocycles. The zero-order valence-electron chi connectivity index (χ0n) is 9.07. The molecule has 5 heteroatoms. The van der Waals surface area contributed by atoms with Crippen LogP contribution in [0.15, 0.2) is 0 Å². The molecule has 1 aliphatic carbocycles. The summed E-state index contributed by atoms with van der Waals surface area (Å²) in [5.74, 6) is -0.927. The third-order valence-corrected chi connectivity index (χ3v) is 3.90. The van der Waals surface area contributed by atoms with Crippen molar-refractivity contribution in [3.63, 3.8) is 0 Å². The van der Waals surface area contributed by atoms with Crippen LogP contribution >= 0.6 is 0 Å². The summed E-state index contributed by atoms with van der Waals surface area (Å²) in [5, 5.41) is 2.68. The molecule has 0 radical (unpaired) electrons. The van der Waals surface area contributed by atoms with Gasteiger partial charge in [0.1, 0.15) is 5.41 Å². The van der Waals surface area contributed by atoms with Crippen LogP contribution in [0.2, 0.25) is 0 Å². The highest BCUT2D eigenvalue weighted by atomic mass is 19.4. The summed E-state index contributed by atoms with van der Waals surface area (Å²) in [7, 11) is 0. The molecule has 2 fully saturated rings. The Kier molecular flexibility index (Phi) is 2.99. The van der Waals surface area contributed by atoms with Crippen LogP contribution in [0.1, 0.15) is 32.1 Å². The lowest BCUT2D eigenvalue weighted by atomic mass is 9.76. The molecule has 16 heavy (non-hydrogen) atoms. The van der Waals surface area contributed by atoms with Crippen molar-refractivity contribution < 1.29 is 18.0 Å². The topological polar surface area (TPSA) is 29.1 Å². The molecule has 2 aliphatic rings. The Morgan fingerprint density at radius 3 is 2.31 bits per heavy atom. The molecular formula is C11H16F3NO. The minimum atomic E-state index is -4.41. The Labute approximate surface area is 92.6 Å². The molecule has 0 bridgehead atoms. The van der Waals surface area contributed by atoms with Crippen LogP contribution in [0.25, 0.3) is 0 Å². The molecule has 1 N–H and O–H groups in total. The van der Waals surface area contributed by atoms with Crippen LogP contribution in [0.5, 0.6) is 0 Å². The van der Waals surface area contributed by atoms with Gasteiger partial charge in [-0.15, -0.1) is 0 Å². The Morgan fingerprint density at radius 1 is 1.25 bits per heavy atom. The van der Waals surface area contributed by atoms with Gasteiger partial charge in [0.15, 0.2) is 5.78 Å². The number of hydrogen-bond acceptors (Lipinski definition) is 2. The van der Waals surface area contributed by atoms with Crippen molar-refractivity contribution >= 4 is 5.78 Å². The molecule has 92 valence electrons. The summed E-state index contributed by atoms with van der Waals surface area (Å²) >= 11 is 0. The summed E-state index contributed by atoms with van der Waals surface area (Å²) in [4.78, 5) is 12.1. The van der Waals surface area contributed by atoms with E-state index in [4.69, 9.17) is 0 Å². The van der Waals surface area contributed by atoms with Gasteiger partial charge in [0.25, 0.3) is 0 Å². The largest absolute Gasteiger partial charge is 0.402 e. The quantitative estimate of drug-likeness (QED) is 0.795. The van der Waals surface area contributed by atoms with Crippen LogP contribution in [0.3, 0.4) is 0 Å². The van der Waals surface area contributed by atoms with Crippen molar-refractivity contribution in [3.05, 3.63) is 0 Å². The first kappa shape index (κ1) is 11.9. The first-order chi connectivity index (χ1) is 7.47. The number of carbonyl (C=O) groups is 1. The fourth-order valence-corrected chi connectivity index (χ4v) is 2.86. The van der Waals surface area contributed by atoms with Gasteiger partial charge in [0, 0.05) is 12.5 Å². The van der Waals surface area contributed by atoms with Crippen molar-refractivity contribution in [2.75, 3.05) is 13.1 Å². The SMILES string of the molecule is O=C(C1CCCC1)C1(C(F)(F)F)CCNC1. The second-order valence-electron chi connectivity index (χ2n) is 4.85. The maximum atomic E-state index is 13.1. The fraction of sp³-hybridized carbons (Fsp3) is 0.909. The van der Waals surface area contributed by atoms with Crippen LogP contribution in [0.4, 0.5) is 13.2 Å². The number of nitrogens with one attached hydrogen (secondary N) is 1. The zero-order chi connectivity index (χ0) is 11.8. The lowest BCUT2D eigenvalue weighted by molar-refractivity contribution is -0.216.